The van der Waals surface area contributed by atoms with Crippen molar-refractivity contribution in [1.29, 1.82) is 0 Å². The van der Waals surface area contributed by atoms with E-state index in [1.54, 1.807) is 13.0 Å². The van der Waals surface area contributed by atoms with Gasteiger partial charge in [-0.1, -0.05) is 44.2 Å². The van der Waals surface area contributed by atoms with E-state index in [1.807, 2.05) is 6.92 Å². The average molecular weight is 366 g/mol. The number of rotatable bonds is 2. The summed E-state index contributed by atoms with van der Waals surface area (Å²) in [5.74, 6) is -1.16. The fraction of sp³-hybridized carbons (Fsp3) is 0.333. The molecule has 0 heterocycles. The topological polar surface area (TPSA) is 0 Å². The van der Waals surface area contributed by atoms with Gasteiger partial charge < -0.3 is 0 Å². The summed E-state index contributed by atoms with van der Waals surface area (Å²) in [6.07, 6.45) is -7.93. The van der Waals surface area contributed by atoms with E-state index in [1.165, 1.54) is 24.3 Å². The van der Waals surface area contributed by atoms with Crippen LogP contribution in [0, 0.1) is 5.82 Å². The van der Waals surface area contributed by atoms with Crippen molar-refractivity contribution in [1.82, 2.24) is 0 Å². The first kappa shape index (κ1) is 21.0. The molecule has 0 aromatic heterocycles. The molecule has 0 saturated carbocycles. The second kappa shape index (κ2) is 8.36. The molecule has 0 aliphatic rings. The van der Waals surface area contributed by atoms with Crippen LogP contribution in [0.4, 0.5) is 30.7 Å². The van der Waals surface area contributed by atoms with Crippen LogP contribution in [0.3, 0.4) is 0 Å². The maximum Gasteiger partial charge on any atom is 0.419 e. The molecule has 0 unspecified atom stereocenters. The Hall–Kier alpha value is -2.05. The highest BCUT2D eigenvalue weighted by Crippen LogP contribution is 2.32. The van der Waals surface area contributed by atoms with Crippen LogP contribution in [0.5, 0.6) is 0 Å². The smallest absolute Gasteiger partial charge is 0.206 e. The Morgan fingerprint density at radius 3 is 1.84 bits per heavy atom. The van der Waals surface area contributed by atoms with Crippen LogP contribution in [0.25, 0.3) is 0 Å². The van der Waals surface area contributed by atoms with Crippen LogP contribution < -0.4 is 0 Å². The first-order chi connectivity index (χ1) is 11.5. The lowest BCUT2D eigenvalue weighted by molar-refractivity contribution is -0.140. The molecule has 0 aliphatic carbocycles. The second-order valence-corrected chi connectivity index (χ2v) is 5.18. The van der Waals surface area contributed by atoms with Gasteiger partial charge in [-0.15, -0.1) is 0 Å². The quantitative estimate of drug-likeness (QED) is 0.521. The van der Waals surface area contributed by atoms with Gasteiger partial charge in [-0.25, -0.2) is 4.39 Å². The summed E-state index contributed by atoms with van der Waals surface area (Å²) < 4.78 is 85.7. The van der Waals surface area contributed by atoms with Crippen LogP contribution >= 0.6 is 0 Å². The van der Waals surface area contributed by atoms with Gasteiger partial charge in [0.15, 0.2) is 0 Å². The number of hydrogen-bond donors (Lipinski definition) is 0. The summed E-state index contributed by atoms with van der Waals surface area (Å²) >= 11 is 0. The van der Waals surface area contributed by atoms with Crippen molar-refractivity contribution in [3.8, 4) is 0 Å². The summed E-state index contributed by atoms with van der Waals surface area (Å²) in [4.78, 5) is 0. The predicted molar refractivity (Wildman–Crippen MR) is 81.6 cm³/mol. The SMILES string of the molecule is CCc1cccc(C(F)(F)F)c1.CCc1cccc(C(F)(F)F)c1F. The van der Waals surface area contributed by atoms with E-state index in [-0.39, 0.29) is 12.0 Å². The Balaban J connectivity index is 0.000000251. The summed E-state index contributed by atoms with van der Waals surface area (Å²) in [6.45, 7) is 3.44. The minimum atomic E-state index is -4.60. The third-order valence-corrected chi connectivity index (χ3v) is 3.43. The predicted octanol–water partition coefficient (Wildman–Crippen LogP) is 6.67. The minimum absolute atomic E-state index is 0.0924. The zero-order valence-corrected chi connectivity index (χ0v) is 13.6. The Labute approximate surface area is 141 Å². The molecule has 2 aromatic rings. The highest BCUT2D eigenvalue weighted by molar-refractivity contribution is 5.28. The Morgan fingerprint density at radius 2 is 1.36 bits per heavy atom. The lowest BCUT2D eigenvalue weighted by Gasteiger charge is -2.09. The van der Waals surface area contributed by atoms with Gasteiger partial charge in [0, 0.05) is 0 Å². The number of halogens is 7. The van der Waals surface area contributed by atoms with Crippen molar-refractivity contribution < 1.29 is 30.7 Å². The van der Waals surface area contributed by atoms with Crippen molar-refractivity contribution in [2.24, 2.45) is 0 Å². The van der Waals surface area contributed by atoms with Crippen LogP contribution in [0.2, 0.25) is 0 Å². The molecule has 0 bridgehead atoms. The van der Waals surface area contributed by atoms with Gasteiger partial charge in [0.05, 0.1) is 11.1 Å². The molecule has 0 atom stereocenters. The number of hydrogen-bond acceptors (Lipinski definition) is 0. The molecule has 0 nitrogen and oxygen atoms in total. The van der Waals surface area contributed by atoms with Gasteiger partial charge >= 0.3 is 12.4 Å². The fourth-order valence-electron chi connectivity index (χ4n) is 2.04. The van der Waals surface area contributed by atoms with E-state index in [0.29, 0.717) is 12.0 Å². The normalized spacial score (nSPS) is 11.7. The van der Waals surface area contributed by atoms with Crippen molar-refractivity contribution >= 4 is 0 Å². The first-order valence-corrected chi connectivity index (χ1v) is 7.51. The van der Waals surface area contributed by atoms with Crippen molar-refractivity contribution in [2.45, 2.75) is 39.0 Å². The van der Waals surface area contributed by atoms with E-state index in [0.717, 1.165) is 12.1 Å². The van der Waals surface area contributed by atoms with E-state index < -0.39 is 29.3 Å². The van der Waals surface area contributed by atoms with Gasteiger partial charge in [0.25, 0.3) is 0 Å². The van der Waals surface area contributed by atoms with E-state index >= 15 is 0 Å². The zero-order chi connectivity index (χ0) is 19.3. The molecule has 0 saturated heterocycles. The molecule has 0 spiro atoms. The minimum Gasteiger partial charge on any atom is -0.206 e. The molecule has 7 heteroatoms. The summed E-state index contributed by atoms with van der Waals surface area (Å²) in [5.41, 5.74) is -0.951. The molecular weight excluding hydrogens is 349 g/mol. The zero-order valence-electron chi connectivity index (χ0n) is 13.6. The van der Waals surface area contributed by atoms with Gasteiger partial charge in [-0.05, 0) is 36.1 Å². The van der Waals surface area contributed by atoms with Gasteiger partial charge in [0.1, 0.15) is 5.82 Å². The van der Waals surface area contributed by atoms with Crippen LogP contribution in [-0.4, -0.2) is 0 Å². The molecule has 0 fully saturated rings. The lowest BCUT2D eigenvalue weighted by Crippen LogP contribution is -2.09. The van der Waals surface area contributed by atoms with Crippen LogP contribution in [-0.2, 0) is 25.2 Å². The van der Waals surface area contributed by atoms with Gasteiger partial charge in [0.2, 0.25) is 0 Å². The lowest BCUT2D eigenvalue weighted by atomic mass is 10.1. The van der Waals surface area contributed by atoms with E-state index in [4.69, 9.17) is 0 Å². The highest BCUT2D eigenvalue weighted by Gasteiger charge is 2.34. The Morgan fingerprint density at radius 1 is 0.760 bits per heavy atom. The van der Waals surface area contributed by atoms with Crippen molar-refractivity contribution in [2.75, 3.05) is 0 Å². The van der Waals surface area contributed by atoms with Crippen LogP contribution in [0.15, 0.2) is 42.5 Å². The molecule has 25 heavy (non-hydrogen) atoms. The third kappa shape index (κ3) is 6.07. The molecule has 0 amide bonds. The maximum absolute atomic E-state index is 13.0. The number of alkyl halides is 6. The maximum atomic E-state index is 13.0. The second-order valence-electron chi connectivity index (χ2n) is 5.18. The van der Waals surface area contributed by atoms with E-state index in [2.05, 4.69) is 0 Å². The fourth-order valence-corrected chi connectivity index (χ4v) is 2.04. The monoisotopic (exact) mass is 366 g/mol. The average Bonchev–Trinajstić information content (AvgIpc) is 2.54. The molecule has 2 rings (SSSR count). The van der Waals surface area contributed by atoms with Crippen LogP contribution in [0.1, 0.15) is 36.1 Å². The number of benzene rings is 2. The molecule has 0 aliphatic heterocycles. The van der Waals surface area contributed by atoms with Gasteiger partial charge in [-0.2, -0.15) is 26.3 Å². The first-order valence-electron chi connectivity index (χ1n) is 7.51. The summed E-state index contributed by atoms with van der Waals surface area (Å²) in [6, 6.07) is 8.69. The standard InChI is InChI=1S/C9H8F4.C9H9F3/c1-2-6-4-3-5-7(8(6)10)9(11,12)13;1-2-7-4-3-5-8(6-7)9(10,11)12/h3-5H,2H2,1H3;3-6H,2H2,1H3. The van der Waals surface area contributed by atoms with Crippen molar-refractivity contribution in [3.05, 3.63) is 70.5 Å². The summed E-state index contributed by atoms with van der Waals surface area (Å²) in [5, 5.41) is 0. The Bertz CT molecular complexity index is 685. The molecule has 0 radical (unpaired) electrons. The largest absolute Gasteiger partial charge is 0.419 e. The number of aryl methyl sites for hydroxylation is 2. The van der Waals surface area contributed by atoms with Gasteiger partial charge in [-0.3, -0.25) is 0 Å². The third-order valence-electron chi connectivity index (χ3n) is 3.43. The van der Waals surface area contributed by atoms with E-state index in [9.17, 15) is 30.7 Å². The molecular formula is C18H17F7. The Kier molecular flexibility index (Phi) is 7.02. The molecule has 2 aromatic carbocycles. The van der Waals surface area contributed by atoms with Crippen molar-refractivity contribution in [3.63, 3.8) is 0 Å². The molecule has 138 valence electrons. The highest BCUT2D eigenvalue weighted by atomic mass is 19.4. The summed E-state index contributed by atoms with van der Waals surface area (Å²) in [7, 11) is 0. The molecule has 0 N–H and O–H groups in total.